The number of hydrogen-bond donors (Lipinski definition) is 2. The highest BCUT2D eigenvalue weighted by molar-refractivity contribution is 14.0. The molecule has 1 aromatic carbocycles. The molecule has 0 radical (unpaired) electrons. The number of nitrogens with one attached hydrogen (secondary N) is 1. The molecule has 0 aliphatic heterocycles. The van der Waals surface area contributed by atoms with Crippen molar-refractivity contribution < 1.29 is 0 Å². The lowest BCUT2D eigenvalue weighted by molar-refractivity contribution is 0.707. The smallest absolute Gasteiger partial charge is 0.189 e. The van der Waals surface area contributed by atoms with Gasteiger partial charge in [-0.3, -0.25) is 0 Å². The average Bonchev–Trinajstić information content (AvgIpc) is 2.44. The van der Waals surface area contributed by atoms with Crippen LogP contribution in [0.4, 0.5) is 0 Å². The van der Waals surface area contributed by atoms with Crippen LogP contribution in [0.25, 0.3) is 0 Å². The van der Waals surface area contributed by atoms with Gasteiger partial charge in [0.2, 0.25) is 0 Å². The van der Waals surface area contributed by atoms with E-state index in [-0.39, 0.29) is 30.0 Å². The zero-order chi connectivity index (χ0) is 17.0. The monoisotopic (exact) mass is 479 g/mol. The molecule has 0 fully saturated rings. The third kappa shape index (κ3) is 6.07. The Balaban J connectivity index is 0.00000288. The number of aryl methyl sites for hydroxylation is 2. The minimum absolute atomic E-state index is 0. The first kappa shape index (κ1) is 20.9. The Labute approximate surface area is 169 Å². The van der Waals surface area contributed by atoms with Gasteiger partial charge in [-0.1, -0.05) is 29.3 Å². The van der Waals surface area contributed by atoms with Gasteiger partial charge < -0.3 is 11.1 Å². The lowest BCUT2D eigenvalue weighted by Crippen LogP contribution is -2.34. The van der Waals surface area contributed by atoms with Crippen LogP contribution in [0.5, 0.6) is 0 Å². The molecule has 0 aliphatic rings. The van der Waals surface area contributed by atoms with Crippen molar-refractivity contribution in [1.82, 2.24) is 15.3 Å². The molecule has 0 saturated carbocycles. The number of guanidine groups is 1. The van der Waals surface area contributed by atoms with Gasteiger partial charge in [-0.05, 0) is 44.5 Å². The number of rotatable bonds is 4. The van der Waals surface area contributed by atoms with Gasteiger partial charge >= 0.3 is 0 Å². The maximum absolute atomic E-state index is 6.19. The molecule has 2 rings (SSSR count). The molecule has 8 heteroatoms. The Morgan fingerprint density at radius 3 is 2.58 bits per heavy atom. The first-order valence-corrected chi connectivity index (χ1v) is 7.93. The molecular weight excluding hydrogens is 460 g/mol. The summed E-state index contributed by atoms with van der Waals surface area (Å²) >= 11 is 12.1. The second-order valence-corrected chi connectivity index (χ2v) is 6.12. The number of halogens is 3. The van der Waals surface area contributed by atoms with Crippen molar-refractivity contribution in [2.45, 2.75) is 33.4 Å². The number of nitrogens with two attached hydrogens (primary N) is 1. The molecule has 0 aliphatic carbocycles. The first-order chi connectivity index (χ1) is 10.8. The van der Waals surface area contributed by atoms with E-state index in [0.717, 1.165) is 22.8 Å². The third-order valence-corrected chi connectivity index (χ3v) is 3.79. The highest BCUT2D eigenvalue weighted by Gasteiger charge is 2.10. The minimum atomic E-state index is -0.0858. The summed E-state index contributed by atoms with van der Waals surface area (Å²) in [4.78, 5) is 12.9. The summed E-state index contributed by atoms with van der Waals surface area (Å²) in [7, 11) is 0. The van der Waals surface area contributed by atoms with Crippen molar-refractivity contribution in [3.05, 3.63) is 57.1 Å². The number of benzene rings is 1. The van der Waals surface area contributed by atoms with Gasteiger partial charge in [0.15, 0.2) is 5.96 Å². The normalized spacial score (nSPS) is 12.5. The molecule has 130 valence electrons. The summed E-state index contributed by atoms with van der Waals surface area (Å²) in [6, 6.07) is 7.17. The van der Waals surface area contributed by atoms with Crippen LogP contribution >= 0.6 is 47.2 Å². The number of hydrogen-bond acceptors (Lipinski definition) is 3. The maximum atomic E-state index is 6.19. The van der Waals surface area contributed by atoms with E-state index in [1.165, 1.54) is 0 Å². The zero-order valence-electron chi connectivity index (χ0n) is 13.7. The Morgan fingerprint density at radius 1 is 1.25 bits per heavy atom. The van der Waals surface area contributed by atoms with Crippen molar-refractivity contribution >= 4 is 53.1 Å². The van der Waals surface area contributed by atoms with Crippen molar-refractivity contribution in [1.29, 1.82) is 0 Å². The largest absolute Gasteiger partial charge is 0.370 e. The summed E-state index contributed by atoms with van der Waals surface area (Å²) in [5.74, 6) is 1.06. The fourth-order valence-electron chi connectivity index (χ4n) is 2.24. The van der Waals surface area contributed by atoms with Crippen molar-refractivity contribution in [2.24, 2.45) is 10.7 Å². The highest BCUT2D eigenvalue weighted by Crippen LogP contribution is 2.25. The number of nitrogens with zero attached hydrogens (tertiary/aromatic N) is 3. The molecule has 1 heterocycles. The Hall–Kier alpha value is -1.12. The number of aromatic nitrogens is 2. The first-order valence-electron chi connectivity index (χ1n) is 7.17. The molecule has 1 aromatic heterocycles. The molecule has 2 aromatic rings. The van der Waals surface area contributed by atoms with Crippen LogP contribution in [0, 0.1) is 13.8 Å². The minimum Gasteiger partial charge on any atom is -0.370 e. The molecule has 24 heavy (non-hydrogen) atoms. The molecular formula is C16H20Cl2IN5. The van der Waals surface area contributed by atoms with Crippen LogP contribution in [0.15, 0.2) is 29.3 Å². The van der Waals surface area contributed by atoms with Crippen LogP contribution in [0.2, 0.25) is 10.0 Å². The predicted molar refractivity (Wildman–Crippen MR) is 110 cm³/mol. The summed E-state index contributed by atoms with van der Waals surface area (Å²) in [5.41, 5.74) is 8.59. The quantitative estimate of drug-likeness (QED) is 0.391. The average molecular weight is 480 g/mol. The fourth-order valence-corrected chi connectivity index (χ4v) is 2.81. The van der Waals surface area contributed by atoms with Crippen LogP contribution in [-0.4, -0.2) is 15.9 Å². The van der Waals surface area contributed by atoms with Gasteiger partial charge in [-0.15, -0.1) is 24.0 Å². The van der Waals surface area contributed by atoms with E-state index in [4.69, 9.17) is 28.9 Å². The Kier molecular flexibility index (Phi) is 8.18. The molecule has 0 amide bonds. The van der Waals surface area contributed by atoms with Gasteiger partial charge in [0, 0.05) is 15.7 Å². The highest BCUT2D eigenvalue weighted by atomic mass is 127. The fraction of sp³-hybridized carbons (Fsp3) is 0.312. The second-order valence-electron chi connectivity index (χ2n) is 5.28. The molecule has 5 nitrogen and oxygen atoms in total. The molecule has 3 N–H and O–H groups in total. The van der Waals surface area contributed by atoms with Gasteiger partial charge in [0.1, 0.15) is 5.82 Å². The SMILES string of the molecule is Cc1cc(CN=C(N)NC(C)c2ccc(Cl)cc2Cl)nc(C)n1.I. The van der Waals surface area contributed by atoms with E-state index >= 15 is 0 Å². The summed E-state index contributed by atoms with van der Waals surface area (Å²) in [6.07, 6.45) is 0. The van der Waals surface area contributed by atoms with E-state index in [2.05, 4.69) is 20.3 Å². The molecule has 0 bridgehead atoms. The van der Waals surface area contributed by atoms with E-state index < -0.39 is 0 Å². The van der Waals surface area contributed by atoms with Crippen LogP contribution in [-0.2, 0) is 6.54 Å². The van der Waals surface area contributed by atoms with E-state index in [0.29, 0.717) is 22.5 Å². The molecule has 1 atom stereocenters. The van der Waals surface area contributed by atoms with E-state index in [9.17, 15) is 0 Å². The van der Waals surface area contributed by atoms with Gasteiger partial charge in [-0.25, -0.2) is 15.0 Å². The lowest BCUT2D eigenvalue weighted by Gasteiger charge is -2.16. The predicted octanol–water partition coefficient (Wildman–Crippen LogP) is 4.18. The van der Waals surface area contributed by atoms with Crippen LogP contribution in [0.3, 0.4) is 0 Å². The summed E-state index contributed by atoms with van der Waals surface area (Å²) < 4.78 is 0. The zero-order valence-corrected chi connectivity index (χ0v) is 17.5. The lowest BCUT2D eigenvalue weighted by atomic mass is 10.1. The molecule has 0 spiro atoms. The standard InChI is InChI=1S/C16H19Cl2N5.HI/c1-9-6-13(23-11(3)21-9)8-20-16(19)22-10(2)14-5-4-12(17)7-15(14)18;/h4-7,10H,8H2,1-3H3,(H3,19,20,22);1H. The van der Waals surface area contributed by atoms with Crippen molar-refractivity contribution in [2.75, 3.05) is 0 Å². The van der Waals surface area contributed by atoms with E-state index in [1.54, 1.807) is 12.1 Å². The van der Waals surface area contributed by atoms with Crippen LogP contribution in [0.1, 0.15) is 35.7 Å². The van der Waals surface area contributed by atoms with E-state index in [1.807, 2.05) is 32.9 Å². The third-order valence-electron chi connectivity index (χ3n) is 3.22. The second kappa shape index (κ2) is 9.39. The number of aliphatic imine (C=N–C) groups is 1. The maximum Gasteiger partial charge on any atom is 0.189 e. The molecule has 0 saturated heterocycles. The summed E-state index contributed by atoms with van der Waals surface area (Å²) in [5, 5.41) is 4.30. The Morgan fingerprint density at radius 2 is 1.96 bits per heavy atom. The van der Waals surface area contributed by atoms with Crippen molar-refractivity contribution in [3.63, 3.8) is 0 Å². The topological polar surface area (TPSA) is 76.2 Å². The Bertz CT molecular complexity index is 716. The van der Waals surface area contributed by atoms with Crippen LogP contribution < -0.4 is 11.1 Å². The molecule has 1 unspecified atom stereocenters. The van der Waals surface area contributed by atoms with Gasteiger partial charge in [0.05, 0.1) is 18.3 Å². The van der Waals surface area contributed by atoms with Gasteiger partial charge in [0.25, 0.3) is 0 Å². The van der Waals surface area contributed by atoms with Gasteiger partial charge in [-0.2, -0.15) is 0 Å². The van der Waals surface area contributed by atoms with Crippen molar-refractivity contribution in [3.8, 4) is 0 Å². The summed E-state index contributed by atoms with van der Waals surface area (Å²) in [6.45, 7) is 6.13.